The first-order valence-electron chi connectivity index (χ1n) is 4.34. The standard InChI is InChI=1S/C8H15N2/c1-4-9-5-7-10(6-1)8-2-3-8/h8H,1-7H2. The van der Waals surface area contributed by atoms with Gasteiger partial charge in [0.15, 0.2) is 0 Å². The van der Waals surface area contributed by atoms with E-state index >= 15 is 0 Å². The molecule has 1 saturated carbocycles. The predicted molar refractivity (Wildman–Crippen MR) is 41.1 cm³/mol. The van der Waals surface area contributed by atoms with Crippen LogP contribution in [-0.4, -0.2) is 37.1 Å². The molecule has 1 aliphatic carbocycles. The van der Waals surface area contributed by atoms with Gasteiger partial charge in [-0.3, -0.25) is 4.90 Å². The second kappa shape index (κ2) is 2.89. The van der Waals surface area contributed by atoms with Gasteiger partial charge in [-0.05, 0) is 25.8 Å². The summed E-state index contributed by atoms with van der Waals surface area (Å²) < 4.78 is 0. The third kappa shape index (κ3) is 1.50. The van der Waals surface area contributed by atoms with E-state index in [-0.39, 0.29) is 0 Å². The molecule has 57 valence electrons. The minimum absolute atomic E-state index is 0.952. The van der Waals surface area contributed by atoms with Crippen LogP contribution in [0.4, 0.5) is 0 Å². The van der Waals surface area contributed by atoms with Crippen molar-refractivity contribution in [1.82, 2.24) is 10.2 Å². The van der Waals surface area contributed by atoms with Crippen molar-refractivity contribution >= 4 is 0 Å². The van der Waals surface area contributed by atoms with Gasteiger partial charge in [-0.15, -0.1) is 0 Å². The van der Waals surface area contributed by atoms with Gasteiger partial charge >= 0.3 is 0 Å². The molecule has 1 aliphatic heterocycles. The monoisotopic (exact) mass is 139 g/mol. The van der Waals surface area contributed by atoms with Crippen molar-refractivity contribution in [3.63, 3.8) is 0 Å². The van der Waals surface area contributed by atoms with Crippen molar-refractivity contribution in [1.29, 1.82) is 0 Å². The maximum absolute atomic E-state index is 4.39. The maximum Gasteiger partial charge on any atom is 0.0261 e. The Morgan fingerprint density at radius 1 is 1.10 bits per heavy atom. The van der Waals surface area contributed by atoms with Crippen LogP contribution in [0.25, 0.3) is 0 Å². The van der Waals surface area contributed by atoms with Gasteiger partial charge in [0.1, 0.15) is 0 Å². The normalized spacial score (nSPS) is 30.0. The molecular weight excluding hydrogens is 124 g/mol. The molecule has 0 amide bonds. The van der Waals surface area contributed by atoms with Crippen molar-refractivity contribution in [2.75, 3.05) is 26.2 Å². The highest BCUT2D eigenvalue weighted by atomic mass is 15.2. The van der Waals surface area contributed by atoms with E-state index in [9.17, 15) is 0 Å². The molecule has 2 heteroatoms. The van der Waals surface area contributed by atoms with Gasteiger partial charge in [0.25, 0.3) is 0 Å². The van der Waals surface area contributed by atoms with Crippen LogP contribution in [0.15, 0.2) is 0 Å². The molecule has 1 radical (unpaired) electrons. The van der Waals surface area contributed by atoms with Crippen molar-refractivity contribution in [2.45, 2.75) is 25.3 Å². The van der Waals surface area contributed by atoms with Crippen molar-refractivity contribution in [3.05, 3.63) is 0 Å². The SMILES string of the molecule is C1C[N]CCN(C2CC2)C1. The number of rotatable bonds is 1. The fourth-order valence-electron chi connectivity index (χ4n) is 1.61. The van der Waals surface area contributed by atoms with Crippen LogP contribution in [0, 0.1) is 0 Å². The van der Waals surface area contributed by atoms with E-state index in [4.69, 9.17) is 0 Å². The van der Waals surface area contributed by atoms with Gasteiger partial charge in [0.2, 0.25) is 0 Å². The minimum atomic E-state index is 0.952. The zero-order valence-corrected chi connectivity index (χ0v) is 6.42. The van der Waals surface area contributed by atoms with Crippen molar-refractivity contribution in [3.8, 4) is 0 Å². The molecule has 0 N–H and O–H groups in total. The van der Waals surface area contributed by atoms with Crippen LogP contribution < -0.4 is 5.32 Å². The van der Waals surface area contributed by atoms with Crippen LogP contribution >= 0.6 is 0 Å². The van der Waals surface area contributed by atoms with E-state index in [0.717, 1.165) is 19.1 Å². The Morgan fingerprint density at radius 3 is 2.80 bits per heavy atom. The van der Waals surface area contributed by atoms with Crippen LogP contribution in [0.5, 0.6) is 0 Å². The molecule has 0 aromatic heterocycles. The summed E-state index contributed by atoms with van der Waals surface area (Å²) in [6, 6.07) is 0.952. The molecule has 1 heterocycles. The third-order valence-corrected chi connectivity index (χ3v) is 2.37. The van der Waals surface area contributed by atoms with E-state index in [1.54, 1.807) is 0 Å². The second-order valence-corrected chi connectivity index (χ2v) is 3.29. The van der Waals surface area contributed by atoms with Gasteiger partial charge < -0.3 is 0 Å². The Labute approximate surface area is 62.6 Å². The minimum Gasteiger partial charge on any atom is -0.299 e. The largest absolute Gasteiger partial charge is 0.299 e. The zero-order valence-electron chi connectivity index (χ0n) is 6.42. The fourth-order valence-corrected chi connectivity index (χ4v) is 1.61. The summed E-state index contributed by atoms with van der Waals surface area (Å²) in [6.07, 6.45) is 4.18. The van der Waals surface area contributed by atoms with Gasteiger partial charge in [-0.1, -0.05) is 0 Å². The molecule has 1 saturated heterocycles. The summed E-state index contributed by atoms with van der Waals surface area (Å²) in [5.74, 6) is 0. The molecule has 2 aliphatic rings. The van der Waals surface area contributed by atoms with E-state index in [0.29, 0.717) is 0 Å². The molecular formula is C8H15N2. The molecule has 0 spiro atoms. The average molecular weight is 139 g/mol. The van der Waals surface area contributed by atoms with Gasteiger partial charge in [-0.25, -0.2) is 5.32 Å². The lowest BCUT2D eigenvalue weighted by Crippen LogP contribution is -2.28. The zero-order chi connectivity index (χ0) is 6.81. The predicted octanol–water partition coefficient (Wildman–Crippen LogP) is 0.459. The first-order valence-corrected chi connectivity index (χ1v) is 4.34. The Bertz CT molecular complexity index is 102. The van der Waals surface area contributed by atoms with E-state index in [1.165, 1.54) is 32.4 Å². The third-order valence-electron chi connectivity index (χ3n) is 2.37. The van der Waals surface area contributed by atoms with Crippen LogP contribution in [0.3, 0.4) is 0 Å². The summed E-state index contributed by atoms with van der Waals surface area (Å²) in [5.41, 5.74) is 0. The topological polar surface area (TPSA) is 17.3 Å². The average Bonchev–Trinajstić information content (AvgIpc) is 2.76. The summed E-state index contributed by atoms with van der Waals surface area (Å²) >= 11 is 0. The second-order valence-electron chi connectivity index (χ2n) is 3.29. The quantitative estimate of drug-likeness (QED) is 0.516. The van der Waals surface area contributed by atoms with Gasteiger partial charge in [0.05, 0.1) is 0 Å². The molecule has 0 aromatic rings. The molecule has 2 nitrogen and oxygen atoms in total. The number of hydrogen-bond acceptors (Lipinski definition) is 1. The van der Waals surface area contributed by atoms with E-state index < -0.39 is 0 Å². The number of hydrogen-bond donors (Lipinski definition) is 0. The first kappa shape index (κ1) is 6.62. The Balaban J connectivity index is 1.81. The van der Waals surface area contributed by atoms with E-state index in [1.807, 2.05) is 0 Å². The molecule has 2 fully saturated rings. The molecule has 0 atom stereocenters. The van der Waals surface area contributed by atoms with Gasteiger partial charge in [0, 0.05) is 25.7 Å². The Hall–Kier alpha value is -0.0800. The number of nitrogens with zero attached hydrogens (tertiary/aromatic N) is 2. The Kier molecular flexibility index (Phi) is 1.91. The highest BCUT2D eigenvalue weighted by molar-refractivity contribution is 4.85. The maximum atomic E-state index is 4.39. The van der Waals surface area contributed by atoms with Crippen LogP contribution in [0.1, 0.15) is 19.3 Å². The summed E-state index contributed by atoms with van der Waals surface area (Å²) in [7, 11) is 0. The lowest BCUT2D eigenvalue weighted by atomic mass is 10.4. The van der Waals surface area contributed by atoms with E-state index in [2.05, 4.69) is 10.2 Å². The van der Waals surface area contributed by atoms with Gasteiger partial charge in [-0.2, -0.15) is 0 Å². The van der Waals surface area contributed by atoms with Crippen molar-refractivity contribution < 1.29 is 0 Å². The van der Waals surface area contributed by atoms with Crippen LogP contribution in [0.2, 0.25) is 0 Å². The highest BCUT2D eigenvalue weighted by Gasteiger charge is 2.28. The summed E-state index contributed by atoms with van der Waals surface area (Å²) in [5, 5.41) is 4.39. The smallest absolute Gasteiger partial charge is 0.0261 e. The fraction of sp³-hybridized carbons (Fsp3) is 1.00. The first-order chi connectivity index (χ1) is 4.97. The molecule has 2 rings (SSSR count). The molecule has 10 heavy (non-hydrogen) atoms. The lowest BCUT2D eigenvalue weighted by Gasteiger charge is -2.17. The van der Waals surface area contributed by atoms with Crippen LogP contribution in [-0.2, 0) is 0 Å². The lowest BCUT2D eigenvalue weighted by molar-refractivity contribution is 0.282. The summed E-state index contributed by atoms with van der Waals surface area (Å²) in [6.45, 7) is 4.71. The van der Waals surface area contributed by atoms with Crippen molar-refractivity contribution in [2.24, 2.45) is 0 Å². The highest BCUT2D eigenvalue weighted by Crippen LogP contribution is 2.26. The molecule has 0 aromatic carbocycles. The molecule has 0 unspecified atom stereocenters. The summed E-state index contributed by atoms with van der Waals surface area (Å²) in [4.78, 5) is 2.61. The molecule has 0 bridgehead atoms. The Morgan fingerprint density at radius 2 is 2.00 bits per heavy atom.